The largest absolute Gasteiger partial charge is 0.350 e. The molecule has 0 spiro atoms. The highest BCUT2D eigenvalue weighted by molar-refractivity contribution is 7.98. The zero-order valence-corrected chi connectivity index (χ0v) is 13.1. The van der Waals surface area contributed by atoms with E-state index in [9.17, 15) is 4.79 Å². The summed E-state index contributed by atoms with van der Waals surface area (Å²) in [5.74, 6) is 0.662. The van der Waals surface area contributed by atoms with Gasteiger partial charge in [0.2, 0.25) is 5.91 Å². The summed E-state index contributed by atoms with van der Waals surface area (Å²) >= 11 is 1.73. The van der Waals surface area contributed by atoms with Crippen LogP contribution in [0.1, 0.15) is 37.8 Å². The van der Waals surface area contributed by atoms with Crippen LogP contribution in [0.3, 0.4) is 0 Å². The Morgan fingerprint density at radius 1 is 1.45 bits per heavy atom. The quantitative estimate of drug-likeness (QED) is 0.820. The molecule has 0 aromatic heterocycles. The maximum absolute atomic E-state index is 12.1. The summed E-state index contributed by atoms with van der Waals surface area (Å²) in [6.07, 6.45) is 5.06. The summed E-state index contributed by atoms with van der Waals surface area (Å²) in [7, 11) is 0. The number of hydrogen-bond donors (Lipinski definition) is 2. The Labute approximate surface area is 125 Å². The maximum atomic E-state index is 12.1. The standard InChI is InChI=1S/C16H24N2OS/c1-12(14-5-7-15(20-2)8-6-14)18-16(19)10-13-4-3-9-17-11-13/h5-8,12-13,17H,3-4,9-11H2,1-2H3,(H,18,19). The summed E-state index contributed by atoms with van der Waals surface area (Å²) < 4.78 is 0. The molecule has 110 valence electrons. The number of amides is 1. The molecule has 1 aliphatic rings. The van der Waals surface area contributed by atoms with E-state index in [0.717, 1.165) is 25.1 Å². The van der Waals surface area contributed by atoms with E-state index < -0.39 is 0 Å². The molecule has 0 bridgehead atoms. The topological polar surface area (TPSA) is 41.1 Å². The summed E-state index contributed by atoms with van der Waals surface area (Å²) in [4.78, 5) is 13.3. The van der Waals surface area contributed by atoms with Crippen molar-refractivity contribution in [2.75, 3.05) is 19.3 Å². The fourth-order valence-corrected chi connectivity index (χ4v) is 3.04. The van der Waals surface area contributed by atoms with Crippen LogP contribution in [0.5, 0.6) is 0 Å². The minimum absolute atomic E-state index is 0.0787. The third-order valence-electron chi connectivity index (χ3n) is 3.87. The average Bonchev–Trinajstić information content (AvgIpc) is 2.48. The van der Waals surface area contributed by atoms with Crippen LogP contribution in [0.25, 0.3) is 0 Å². The first-order chi connectivity index (χ1) is 9.69. The second kappa shape index (κ2) is 7.70. The number of rotatable bonds is 5. The minimum Gasteiger partial charge on any atom is -0.350 e. The molecular weight excluding hydrogens is 268 g/mol. The van der Waals surface area contributed by atoms with Gasteiger partial charge in [0.25, 0.3) is 0 Å². The van der Waals surface area contributed by atoms with Crippen LogP contribution in [-0.4, -0.2) is 25.3 Å². The van der Waals surface area contributed by atoms with Crippen LogP contribution >= 0.6 is 11.8 Å². The molecule has 0 aliphatic carbocycles. The van der Waals surface area contributed by atoms with Crippen LogP contribution in [0.2, 0.25) is 0 Å². The molecule has 1 saturated heterocycles. The number of benzene rings is 1. The summed E-state index contributed by atoms with van der Waals surface area (Å²) in [5.41, 5.74) is 1.16. The number of hydrogen-bond acceptors (Lipinski definition) is 3. The fraction of sp³-hybridized carbons (Fsp3) is 0.562. The molecule has 3 nitrogen and oxygen atoms in total. The molecule has 2 N–H and O–H groups in total. The van der Waals surface area contributed by atoms with Gasteiger partial charge >= 0.3 is 0 Å². The third-order valence-corrected chi connectivity index (χ3v) is 4.61. The first-order valence-corrected chi connectivity index (χ1v) is 8.55. The predicted octanol–water partition coefficient (Wildman–Crippen LogP) is 2.98. The van der Waals surface area contributed by atoms with Crippen LogP contribution in [0, 0.1) is 5.92 Å². The number of piperidine rings is 1. The van der Waals surface area contributed by atoms with Gasteiger partial charge < -0.3 is 10.6 Å². The second-order valence-electron chi connectivity index (χ2n) is 5.48. The molecule has 1 aliphatic heterocycles. The van der Waals surface area contributed by atoms with Gasteiger partial charge in [-0.25, -0.2) is 0 Å². The smallest absolute Gasteiger partial charge is 0.220 e. The van der Waals surface area contributed by atoms with Crippen molar-refractivity contribution >= 4 is 17.7 Å². The van der Waals surface area contributed by atoms with Crippen molar-refractivity contribution in [3.8, 4) is 0 Å². The molecule has 1 fully saturated rings. The van der Waals surface area contributed by atoms with Crippen molar-refractivity contribution in [3.63, 3.8) is 0 Å². The fourth-order valence-electron chi connectivity index (χ4n) is 2.64. The lowest BCUT2D eigenvalue weighted by Gasteiger charge is -2.23. The SMILES string of the molecule is CSc1ccc(C(C)NC(=O)CC2CCCNC2)cc1. The van der Waals surface area contributed by atoms with E-state index in [-0.39, 0.29) is 11.9 Å². The van der Waals surface area contributed by atoms with E-state index in [1.54, 1.807) is 11.8 Å². The van der Waals surface area contributed by atoms with Crippen molar-refractivity contribution in [1.82, 2.24) is 10.6 Å². The Balaban J connectivity index is 1.82. The van der Waals surface area contributed by atoms with Crippen LogP contribution in [0.15, 0.2) is 29.2 Å². The first-order valence-electron chi connectivity index (χ1n) is 7.33. The van der Waals surface area contributed by atoms with E-state index in [1.165, 1.54) is 11.3 Å². The predicted molar refractivity (Wildman–Crippen MR) is 85.0 cm³/mol. The Hall–Kier alpha value is -1.00. The molecule has 20 heavy (non-hydrogen) atoms. The molecule has 1 heterocycles. The molecular formula is C16H24N2OS. The summed E-state index contributed by atoms with van der Waals surface area (Å²) in [5, 5.41) is 6.46. The van der Waals surface area contributed by atoms with Crippen molar-refractivity contribution in [2.24, 2.45) is 5.92 Å². The zero-order valence-electron chi connectivity index (χ0n) is 12.3. The van der Waals surface area contributed by atoms with Crippen LogP contribution in [0.4, 0.5) is 0 Å². The molecule has 1 amide bonds. The van der Waals surface area contributed by atoms with Gasteiger partial charge in [0.05, 0.1) is 6.04 Å². The molecule has 2 unspecified atom stereocenters. The molecule has 0 saturated carbocycles. The van der Waals surface area contributed by atoms with E-state index >= 15 is 0 Å². The molecule has 2 atom stereocenters. The molecule has 2 rings (SSSR count). The Bertz CT molecular complexity index is 427. The van der Waals surface area contributed by atoms with Gasteiger partial charge in [0, 0.05) is 11.3 Å². The minimum atomic E-state index is 0.0787. The number of thioether (sulfide) groups is 1. The Morgan fingerprint density at radius 2 is 2.20 bits per heavy atom. The summed E-state index contributed by atoms with van der Waals surface area (Å²) in [6.45, 7) is 4.12. The molecule has 1 aromatic rings. The van der Waals surface area contributed by atoms with E-state index in [4.69, 9.17) is 0 Å². The third kappa shape index (κ3) is 4.53. The average molecular weight is 292 g/mol. The van der Waals surface area contributed by atoms with Crippen LogP contribution < -0.4 is 10.6 Å². The van der Waals surface area contributed by atoms with E-state index in [0.29, 0.717) is 12.3 Å². The van der Waals surface area contributed by atoms with E-state index in [1.807, 2.05) is 6.92 Å². The number of carbonyl (C=O) groups excluding carboxylic acids is 1. The van der Waals surface area contributed by atoms with Crippen molar-refractivity contribution in [2.45, 2.75) is 37.1 Å². The van der Waals surface area contributed by atoms with Crippen LogP contribution in [-0.2, 0) is 4.79 Å². The highest BCUT2D eigenvalue weighted by Gasteiger charge is 2.18. The Morgan fingerprint density at radius 3 is 2.80 bits per heavy atom. The molecule has 1 aromatic carbocycles. The van der Waals surface area contributed by atoms with Gasteiger partial charge in [-0.15, -0.1) is 11.8 Å². The molecule has 4 heteroatoms. The highest BCUT2D eigenvalue weighted by Crippen LogP contribution is 2.20. The normalized spacial score (nSPS) is 20.4. The number of carbonyl (C=O) groups is 1. The monoisotopic (exact) mass is 292 g/mol. The van der Waals surface area contributed by atoms with E-state index in [2.05, 4.69) is 41.2 Å². The maximum Gasteiger partial charge on any atom is 0.220 e. The van der Waals surface area contributed by atoms with Gasteiger partial charge in [0.15, 0.2) is 0 Å². The second-order valence-corrected chi connectivity index (χ2v) is 6.36. The lowest BCUT2D eigenvalue weighted by atomic mass is 9.95. The highest BCUT2D eigenvalue weighted by atomic mass is 32.2. The lowest BCUT2D eigenvalue weighted by molar-refractivity contribution is -0.122. The summed E-state index contributed by atoms with van der Waals surface area (Å²) in [6, 6.07) is 8.48. The van der Waals surface area contributed by atoms with Gasteiger partial charge in [-0.3, -0.25) is 4.79 Å². The molecule has 0 radical (unpaired) electrons. The number of nitrogens with one attached hydrogen (secondary N) is 2. The van der Waals surface area contributed by atoms with Gasteiger partial charge in [-0.1, -0.05) is 12.1 Å². The first kappa shape index (κ1) is 15.4. The van der Waals surface area contributed by atoms with Crippen molar-refractivity contribution in [1.29, 1.82) is 0 Å². The van der Waals surface area contributed by atoms with Crippen molar-refractivity contribution in [3.05, 3.63) is 29.8 Å². The van der Waals surface area contributed by atoms with Gasteiger partial charge in [-0.05, 0) is 62.7 Å². The van der Waals surface area contributed by atoms with Gasteiger partial charge in [-0.2, -0.15) is 0 Å². The van der Waals surface area contributed by atoms with Crippen molar-refractivity contribution < 1.29 is 4.79 Å². The lowest BCUT2D eigenvalue weighted by Crippen LogP contribution is -2.35. The van der Waals surface area contributed by atoms with Gasteiger partial charge in [0.1, 0.15) is 0 Å². The Kier molecular flexibility index (Phi) is 5.92. The zero-order chi connectivity index (χ0) is 14.4.